The van der Waals surface area contributed by atoms with E-state index in [0.29, 0.717) is 12.8 Å². The monoisotopic (exact) mass is 749 g/mol. The highest BCUT2D eigenvalue weighted by molar-refractivity contribution is 7.52. The molecule has 0 spiro atoms. The lowest BCUT2D eigenvalue weighted by molar-refractivity contribution is -0.164. The van der Waals surface area contributed by atoms with E-state index >= 15 is 0 Å². The number of aliphatic hydroxyl groups is 2. The van der Waals surface area contributed by atoms with Gasteiger partial charge < -0.3 is 34.2 Å². The van der Waals surface area contributed by atoms with Gasteiger partial charge in [0.05, 0.1) is 13.2 Å². The number of carbonyl (C=O) groups excluding carboxylic acids is 2. The molecule has 51 heavy (non-hydrogen) atoms. The molecule has 2 unspecified atom stereocenters. The third-order valence-corrected chi connectivity index (χ3v) is 10.3. The van der Waals surface area contributed by atoms with E-state index in [1.165, 1.54) is 96.3 Å². The molecule has 0 aliphatic heterocycles. The van der Waals surface area contributed by atoms with Crippen molar-refractivity contribution in [2.45, 2.75) is 212 Å². The normalized spacial score (nSPS) is 13.8. The molecular weight excluding hydrogens is 671 g/mol. The third kappa shape index (κ3) is 33.0. The summed E-state index contributed by atoms with van der Waals surface area (Å²) in [6, 6.07) is 0. The first-order chi connectivity index (χ1) is 24.6. The summed E-state index contributed by atoms with van der Waals surface area (Å²) in [6.07, 6.45) is 32.3. The fourth-order valence-electron chi connectivity index (χ4n) is 5.97. The van der Waals surface area contributed by atoms with Crippen LogP contribution in [-0.2, 0) is 28.4 Å². The molecule has 0 aliphatic carbocycles. The molecule has 0 heterocycles. The molecule has 11 heteroatoms. The average molecular weight is 749 g/mol. The fraction of sp³-hybridized carbons (Fsp3) is 0.900. The van der Waals surface area contributed by atoms with E-state index < -0.39 is 50.8 Å². The number of esters is 2. The Hall–Kier alpha value is -1.29. The number of aliphatic hydroxyl groups excluding tert-OH is 2. The summed E-state index contributed by atoms with van der Waals surface area (Å²) in [7, 11) is -4.95. The first-order valence-electron chi connectivity index (χ1n) is 20.6. The smallest absolute Gasteiger partial charge is 0.356 e. The molecule has 4 N–H and O–H groups in total. The molecule has 0 aliphatic rings. The minimum Gasteiger partial charge on any atom is -0.462 e. The van der Waals surface area contributed by atoms with E-state index in [0.717, 1.165) is 57.8 Å². The number of ether oxygens (including phenoxy) is 3. The van der Waals surface area contributed by atoms with Gasteiger partial charge in [-0.25, -0.2) is 0 Å². The Morgan fingerprint density at radius 3 is 1.39 bits per heavy atom. The van der Waals surface area contributed by atoms with Gasteiger partial charge in [0.1, 0.15) is 12.7 Å². The topological polar surface area (TPSA) is 160 Å². The Labute approximate surface area is 311 Å². The van der Waals surface area contributed by atoms with E-state index in [1.54, 1.807) is 0 Å². The lowest BCUT2D eigenvalue weighted by Crippen LogP contribution is -2.37. The van der Waals surface area contributed by atoms with Crippen molar-refractivity contribution in [3.63, 3.8) is 0 Å². The van der Waals surface area contributed by atoms with Crippen molar-refractivity contribution in [2.75, 3.05) is 19.8 Å². The van der Waals surface area contributed by atoms with E-state index in [1.807, 2.05) is 0 Å². The molecule has 10 nitrogen and oxygen atoms in total. The van der Waals surface area contributed by atoms with Gasteiger partial charge in [0, 0.05) is 12.8 Å². The van der Waals surface area contributed by atoms with Crippen LogP contribution in [0.3, 0.4) is 0 Å². The van der Waals surface area contributed by atoms with Gasteiger partial charge in [-0.2, -0.15) is 0 Å². The largest absolute Gasteiger partial charge is 0.462 e. The lowest BCUT2D eigenvalue weighted by Gasteiger charge is -2.25. The standard InChI is InChI=1S/C40H77O10P/c1-3-5-7-9-11-13-15-17-18-20-22-24-26-28-30-32-39(44)50-36(35-49-40(37(42)33-41)51(45,46)47)34-48-38(43)31-29-27-25-23-21-19-16-14-12-10-8-6-4-2/h17-18,36-37,40-42H,3-16,19-35H2,1-2H3,(H2,45,46,47)/b18-17-/t36-,37?,40?/m1/s1. The van der Waals surface area contributed by atoms with Crippen LogP contribution in [-0.4, -0.2) is 69.8 Å². The Balaban J connectivity index is 4.40. The third-order valence-electron chi connectivity index (χ3n) is 9.16. The van der Waals surface area contributed by atoms with Crippen LogP contribution in [0.1, 0.15) is 194 Å². The predicted molar refractivity (Wildman–Crippen MR) is 205 cm³/mol. The van der Waals surface area contributed by atoms with Gasteiger partial charge >= 0.3 is 19.5 Å². The summed E-state index contributed by atoms with van der Waals surface area (Å²) >= 11 is 0. The number of rotatable bonds is 38. The summed E-state index contributed by atoms with van der Waals surface area (Å²) < 4.78 is 27.8. The van der Waals surface area contributed by atoms with Crippen molar-refractivity contribution >= 4 is 19.5 Å². The number of carbonyl (C=O) groups is 2. The molecular formula is C40H77O10P. The first kappa shape index (κ1) is 49.7. The second-order valence-electron chi connectivity index (χ2n) is 14.2. The quantitative estimate of drug-likeness (QED) is 0.0207. The van der Waals surface area contributed by atoms with Crippen molar-refractivity contribution in [1.29, 1.82) is 0 Å². The molecule has 0 aromatic rings. The van der Waals surface area contributed by atoms with Gasteiger partial charge in [-0.1, -0.05) is 154 Å². The second kappa shape index (κ2) is 35.7. The summed E-state index contributed by atoms with van der Waals surface area (Å²) in [4.78, 5) is 44.1. The van der Waals surface area contributed by atoms with E-state index in [4.69, 9.17) is 14.2 Å². The number of unbranched alkanes of at least 4 members (excludes halogenated alkanes) is 23. The lowest BCUT2D eigenvalue weighted by atomic mass is 10.0. The summed E-state index contributed by atoms with van der Waals surface area (Å²) in [5.41, 5.74) is 0. The van der Waals surface area contributed by atoms with Gasteiger partial charge in [-0.05, 0) is 38.5 Å². The highest BCUT2D eigenvalue weighted by atomic mass is 31.2. The Kier molecular flexibility index (Phi) is 34.8. The maximum Gasteiger partial charge on any atom is 0.356 e. The molecule has 3 atom stereocenters. The Bertz CT molecular complexity index is 877. The van der Waals surface area contributed by atoms with Gasteiger partial charge in [0.2, 0.25) is 0 Å². The Morgan fingerprint density at radius 1 is 0.588 bits per heavy atom. The summed E-state index contributed by atoms with van der Waals surface area (Å²) in [5, 5.41) is 19.1. The second-order valence-corrected chi connectivity index (χ2v) is 15.9. The highest BCUT2D eigenvalue weighted by Crippen LogP contribution is 2.43. The zero-order valence-electron chi connectivity index (χ0n) is 32.5. The Morgan fingerprint density at radius 2 is 0.980 bits per heavy atom. The van der Waals surface area contributed by atoms with Crippen molar-refractivity contribution in [3.05, 3.63) is 12.2 Å². The first-order valence-corrected chi connectivity index (χ1v) is 22.3. The van der Waals surface area contributed by atoms with Crippen molar-refractivity contribution < 1.29 is 48.4 Å². The molecule has 0 saturated carbocycles. The van der Waals surface area contributed by atoms with Gasteiger partial charge in [-0.15, -0.1) is 0 Å². The number of hydrogen-bond donors (Lipinski definition) is 4. The van der Waals surface area contributed by atoms with Crippen LogP contribution in [0, 0.1) is 0 Å². The van der Waals surface area contributed by atoms with E-state index in [9.17, 15) is 34.2 Å². The summed E-state index contributed by atoms with van der Waals surface area (Å²) in [5.74, 6) is -2.97. The number of allylic oxidation sites excluding steroid dienone is 2. The average Bonchev–Trinajstić information content (AvgIpc) is 3.10. The zero-order chi connectivity index (χ0) is 37.8. The van der Waals surface area contributed by atoms with Gasteiger partial charge in [0.15, 0.2) is 11.9 Å². The van der Waals surface area contributed by atoms with Crippen molar-refractivity contribution in [2.24, 2.45) is 0 Å². The minimum atomic E-state index is -4.95. The SMILES string of the molecule is CCCCCCCC/C=C\CCCCCCCC(=O)O[C@H](COC(=O)CCCCCCCCCCCCCCC)COC(C(O)CO)P(=O)(O)O. The fourth-order valence-corrected chi connectivity index (χ4v) is 6.80. The van der Waals surface area contributed by atoms with Crippen molar-refractivity contribution in [3.8, 4) is 0 Å². The van der Waals surface area contributed by atoms with Crippen LogP contribution < -0.4 is 0 Å². The summed E-state index contributed by atoms with van der Waals surface area (Å²) in [6.45, 7) is 2.69. The highest BCUT2D eigenvalue weighted by Gasteiger charge is 2.37. The molecule has 0 amide bonds. The van der Waals surface area contributed by atoms with E-state index in [-0.39, 0.29) is 19.4 Å². The van der Waals surface area contributed by atoms with Gasteiger partial charge in [-0.3, -0.25) is 14.2 Å². The molecule has 302 valence electrons. The zero-order valence-corrected chi connectivity index (χ0v) is 33.4. The van der Waals surface area contributed by atoms with Crippen LogP contribution in [0.25, 0.3) is 0 Å². The van der Waals surface area contributed by atoms with Crippen LogP contribution in [0.2, 0.25) is 0 Å². The number of hydrogen-bond acceptors (Lipinski definition) is 8. The molecule has 0 aromatic carbocycles. The van der Waals surface area contributed by atoms with Crippen LogP contribution in [0.4, 0.5) is 0 Å². The molecule has 0 bridgehead atoms. The van der Waals surface area contributed by atoms with Crippen molar-refractivity contribution in [1.82, 2.24) is 0 Å². The predicted octanol–water partition coefficient (Wildman–Crippen LogP) is 9.83. The van der Waals surface area contributed by atoms with Crippen LogP contribution >= 0.6 is 7.60 Å². The van der Waals surface area contributed by atoms with E-state index in [2.05, 4.69) is 26.0 Å². The van der Waals surface area contributed by atoms with Crippen LogP contribution in [0.5, 0.6) is 0 Å². The maximum atomic E-state index is 12.6. The molecule has 0 radical (unpaired) electrons. The van der Waals surface area contributed by atoms with Gasteiger partial charge in [0.25, 0.3) is 0 Å². The maximum absolute atomic E-state index is 12.6. The molecule has 0 fully saturated rings. The molecule has 0 saturated heterocycles. The molecule has 0 rings (SSSR count). The van der Waals surface area contributed by atoms with Crippen LogP contribution in [0.15, 0.2) is 12.2 Å². The minimum absolute atomic E-state index is 0.156. The molecule has 0 aromatic heterocycles.